The van der Waals surface area contributed by atoms with Gasteiger partial charge in [-0.1, -0.05) is 56.7 Å². The number of carbonyl (C=O) groups excluding carboxylic acids is 1. The van der Waals surface area contributed by atoms with E-state index in [1.54, 1.807) is 30.3 Å². The molecule has 0 saturated heterocycles. The van der Waals surface area contributed by atoms with Crippen molar-refractivity contribution in [1.82, 2.24) is 9.55 Å². The Hall–Kier alpha value is -3.34. The minimum absolute atomic E-state index is 0.171. The summed E-state index contributed by atoms with van der Waals surface area (Å²) in [6, 6.07) is 6.42. The van der Waals surface area contributed by atoms with Gasteiger partial charge < -0.3 is 15.0 Å². The Morgan fingerprint density at radius 2 is 1.94 bits per heavy atom. The van der Waals surface area contributed by atoms with Crippen LogP contribution in [0.1, 0.15) is 47.5 Å². The fourth-order valence-electron chi connectivity index (χ4n) is 4.99. The average molecular weight is 474 g/mol. The molecule has 5 nitrogen and oxygen atoms in total. The maximum absolute atomic E-state index is 12.2. The van der Waals surface area contributed by atoms with Crippen LogP contribution in [0.2, 0.25) is 0 Å². The van der Waals surface area contributed by atoms with E-state index < -0.39 is 0 Å². The number of aromatic nitrogens is 2. The minimum Gasteiger partial charge on any atom is -0.508 e. The van der Waals surface area contributed by atoms with Gasteiger partial charge in [-0.15, -0.1) is 0 Å². The lowest BCUT2D eigenvalue weighted by atomic mass is 9.60. The van der Waals surface area contributed by atoms with E-state index >= 15 is 0 Å². The van der Waals surface area contributed by atoms with E-state index in [0.29, 0.717) is 23.4 Å². The molecular formula is C30H39N3O2. The predicted octanol–water partition coefficient (Wildman–Crippen LogP) is 6.92. The molecule has 3 atom stereocenters. The van der Waals surface area contributed by atoms with E-state index in [9.17, 15) is 9.90 Å². The number of benzene rings is 1. The van der Waals surface area contributed by atoms with Crippen molar-refractivity contribution in [3.63, 3.8) is 0 Å². The lowest BCUT2D eigenvalue weighted by Crippen LogP contribution is -2.39. The van der Waals surface area contributed by atoms with Gasteiger partial charge in [0, 0.05) is 30.7 Å². The number of rotatable bonds is 8. The second-order valence-electron chi connectivity index (χ2n) is 10.5. The van der Waals surface area contributed by atoms with E-state index in [-0.39, 0.29) is 17.1 Å². The molecule has 1 aromatic heterocycles. The minimum atomic E-state index is -0.197. The van der Waals surface area contributed by atoms with Gasteiger partial charge in [-0.3, -0.25) is 4.79 Å². The number of anilines is 1. The van der Waals surface area contributed by atoms with Crippen LogP contribution in [0.25, 0.3) is 0 Å². The first-order valence-electron chi connectivity index (χ1n) is 12.4. The topological polar surface area (TPSA) is 67.2 Å². The largest absolute Gasteiger partial charge is 0.508 e. The van der Waals surface area contributed by atoms with Crippen molar-refractivity contribution in [2.45, 2.75) is 54.0 Å². The number of phenolic OH excluding ortho intramolecular Hbond substituents is 1. The SMILES string of the molecule is CC(/C=C/C1C(C)C(Cn2ccnc2)CCC1(C)C)=C\C=C\C(C)=C\C(=O)Nc1ccc(O)cc1. The van der Waals surface area contributed by atoms with E-state index in [2.05, 4.69) is 67.0 Å². The van der Waals surface area contributed by atoms with Gasteiger partial charge in [-0.25, -0.2) is 4.98 Å². The maximum Gasteiger partial charge on any atom is 0.248 e. The Balaban J connectivity index is 1.58. The van der Waals surface area contributed by atoms with Crippen LogP contribution in [0.15, 0.2) is 90.6 Å². The summed E-state index contributed by atoms with van der Waals surface area (Å²) < 4.78 is 2.21. The van der Waals surface area contributed by atoms with Crippen molar-refractivity contribution in [2.75, 3.05) is 5.32 Å². The van der Waals surface area contributed by atoms with Crippen LogP contribution >= 0.6 is 0 Å². The Kier molecular flexibility index (Phi) is 8.91. The Labute approximate surface area is 210 Å². The highest BCUT2D eigenvalue weighted by atomic mass is 16.3. The van der Waals surface area contributed by atoms with Gasteiger partial charge in [0.05, 0.1) is 6.33 Å². The molecule has 1 fully saturated rings. The van der Waals surface area contributed by atoms with E-state index in [1.807, 2.05) is 31.6 Å². The number of allylic oxidation sites excluding steroid dienone is 7. The summed E-state index contributed by atoms with van der Waals surface area (Å²) >= 11 is 0. The summed E-state index contributed by atoms with van der Waals surface area (Å²) in [6.45, 7) is 12.2. The summed E-state index contributed by atoms with van der Waals surface area (Å²) in [6.07, 6.45) is 20.5. The zero-order valence-electron chi connectivity index (χ0n) is 21.6. The predicted molar refractivity (Wildman–Crippen MR) is 144 cm³/mol. The number of imidazole rings is 1. The van der Waals surface area contributed by atoms with Gasteiger partial charge in [-0.2, -0.15) is 0 Å². The number of hydrogen-bond acceptors (Lipinski definition) is 3. The summed E-state index contributed by atoms with van der Waals surface area (Å²) in [5.41, 5.74) is 2.97. The van der Waals surface area contributed by atoms with Crippen LogP contribution in [0.4, 0.5) is 5.69 Å². The third-order valence-electron chi connectivity index (χ3n) is 7.15. The van der Waals surface area contributed by atoms with Crippen LogP contribution in [-0.4, -0.2) is 20.6 Å². The highest BCUT2D eigenvalue weighted by Gasteiger charge is 2.40. The van der Waals surface area contributed by atoms with Gasteiger partial charge in [0.2, 0.25) is 5.91 Å². The Bertz CT molecular complexity index is 1090. The molecule has 2 aromatic rings. The Morgan fingerprint density at radius 1 is 1.20 bits per heavy atom. The zero-order chi connectivity index (χ0) is 25.4. The summed E-state index contributed by atoms with van der Waals surface area (Å²) in [4.78, 5) is 16.4. The third kappa shape index (κ3) is 7.84. The number of nitrogens with zero attached hydrogens (tertiary/aromatic N) is 2. The van der Waals surface area contributed by atoms with Crippen LogP contribution in [-0.2, 0) is 11.3 Å². The highest BCUT2D eigenvalue weighted by molar-refractivity contribution is 5.99. The lowest BCUT2D eigenvalue weighted by Gasteiger charge is -2.46. The number of carbonyl (C=O) groups is 1. The summed E-state index contributed by atoms with van der Waals surface area (Å²) in [5, 5.41) is 12.1. The summed E-state index contributed by atoms with van der Waals surface area (Å²) in [7, 11) is 0. The van der Waals surface area contributed by atoms with Gasteiger partial charge in [0.15, 0.2) is 0 Å². The summed E-state index contributed by atoms with van der Waals surface area (Å²) in [5.74, 6) is 1.73. The van der Waals surface area contributed by atoms with Crippen LogP contribution in [0.5, 0.6) is 5.75 Å². The first-order chi connectivity index (χ1) is 16.6. The van der Waals surface area contributed by atoms with E-state index in [4.69, 9.17) is 0 Å². The molecule has 2 N–H and O–H groups in total. The molecule has 3 unspecified atom stereocenters. The number of aromatic hydroxyl groups is 1. The highest BCUT2D eigenvalue weighted by Crippen LogP contribution is 2.47. The van der Waals surface area contributed by atoms with Crippen LogP contribution in [0, 0.1) is 23.2 Å². The molecule has 5 heteroatoms. The van der Waals surface area contributed by atoms with Crippen LogP contribution in [0.3, 0.4) is 0 Å². The molecule has 0 spiro atoms. The smallest absolute Gasteiger partial charge is 0.248 e. The quantitative estimate of drug-likeness (QED) is 0.248. The van der Waals surface area contributed by atoms with Crippen LogP contribution < -0.4 is 5.32 Å². The second kappa shape index (κ2) is 11.9. The molecule has 3 rings (SSSR count). The average Bonchev–Trinajstić information content (AvgIpc) is 3.30. The van der Waals surface area contributed by atoms with Gasteiger partial charge in [0.25, 0.3) is 0 Å². The molecule has 1 aliphatic rings. The standard InChI is InChI=1S/C30H39N3O2/c1-22(7-6-8-23(2)19-29(35)32-26-10-12-27(34)13-11-26)9-14-28-24(3)25(15-16-30(28,4)5)20-33-18-17-31-21-33/h6-14,17-19,21,24-25,28,34H,15-16,20H2,1-5H3,(H,32,35)/b8-6+,14-9+,22-7+,23-19+. The Morgan fingerprint density at radius 3 is 2.63 bits per heavy atom. The second-order valence-corrected chi connectivity index (χ2v) is 10.5. The molecule has 1 aromatic carbocycles. The molecule has 0 aliphatic heterocycles. The molecule has 1 heterocycles. The number of hydrogen-bond donors (Lipinski definition) is 2. The molecule has 1 aliphatic carbocycles. The molecule has 0 bridgehead atoms. The maximum atomic E-state index is 12.2. The number of phenols is 1. The molecular weight excluding hydrogens is 434 g/mol. The van der Waals surface area contributed by atoms with Crippen molar-refractivity contribution >= 4 is 11.6 Å². The molecule has 0 radical (unpaired) electrons. The number of amides is 1. The molecule has 186 valence electrons. The van der Waals surface area contributed by atoms with Crippen molar-refractivity contribution in [3.8, 4) is 5.75 Å². The van der Waals surface area contributed by atoms with Gasteiger partial charge in [0.1, 0.15) is 5.75 Å². The normalized spacial score (nSPS) is 23.2. The van der Waals surface area contributed by atoms with Crippen molar-refractivity contribution in [1.29, 1.82) is 0 Å². The number of nitrogens with one attached hydrogen (secondary N) is 1. The van der Waals surface area contributed by atoms with Crippen molar-refractivity contribution in [2.24, 2.45) is 23.2 Å². The van der Waals surface area contributed by atoms with Crippen molar-refractivity contribution in [3.05, 3.63) is 90.6 Å². The first-order valence-corrected chi connectivity index (χ1v) is 12.4. The van der Waals surface area contributed by atoms with E-state index in [1.165, 1.54) is 18.4 Å². The van der Waals surface area contributed by atoms with E-state index in [0.717, 1.165) is 12.1 Å². The fourth-order valence-corrected chi connectivity index (χ4v) is 4.99. The molecule has 1 saturated carbocycles. The van der Waals surface area contributed by atoms with Gasteiger partial charge in [-0.05, 0) is 79.7 Å². The molecule has 1 amide bonds. The fraction of sp³-hybridized carbons (Fsp3) is 0.400. The third-order valence-corrected chi connectivity index (χ3v) is 7.15. The van der Waals surface area contributed by atoms with Crippen molar-refractivity contribution < 1.29 is 9.90 Å². The lowest BCUT2D eigenvalue weighted by molar-refractivity contribution is -0.111. The first kappa shape index (κ1) is 26.3. The monoisotopic (exact) mass is 473 g/mol. The van der Waals surface area contributed by atoms with Gasteiger partial charge >= 0.3 is 0 Å². The zero-order valence-corrected chi connectivity index (χ0v) is 21.6. The molecule has 35 heavy (non-hydrogen) atoms.